The van der Waals surface area contributed by atoms with E-state index in [1.54, 1.807) is 13.2 Å². The van der Waals surface area contributed by atoms with Gasteiger partial charge < -0.3 is 4.74 Å². The van der Waals surface area contributed by atoms with E-state index in [9.17, 15) is 4.39 Å². The highest BCUT2D eigenvalue weighted by molar-refractivity contribution is 9.10. The molecule has 1 unspecified atom stereocenters. The summed E-state index contributed by atoms with van der Waals surface area (Å²) in [5.74, 6) is 0.403. The lowest BCUT2D eigenvalue weighted by atomic mass is 10.00. The Kier molecular flexibility index (Phi) is 4.63. The van der Waals surface area contributed by atoms with E-state index in [0.717, 1.165) is 21.2 Å². The van der Waals surface area contributed by atoms with Gasteiger partial charge in [0, 0.05) is 10.0 Å². The number of hydrogen-bond donors (Lipinski definition) is 0. The van der Waals surface area contributed by atoms with Gasteiger partial charge in [0.1, 0.15) is 11.6 Å². The summed E-state index contributed by atoms with van der Waals surface area (Å²) >= 11 is 7.07. The minimum Gasteiger partial charge on any atom is -0.496 e. The summed E-state index contributed by atoms with van der Waals surface area (Å²) in [6, 6.07) is 10.6. The maximum absolute atomic E-state index is 13.4. The summed E-state index contributed by atoms with van der Waals surface area (Å²) in [4.78, 5) is -0.105. The lowest BCUT2D eigenvalue weighted by molar-refractivity contribution is 0.409. The average Bonchev–Trinajstić information content (AvgIpc) is 2.38. The summed E-state index contributed by atoms with van der Waals surface area (Å²) in [5.41, 5.74) is 3.00. The quantitative estimate of drug-likeness (QED) is 0.641. The van der Waals surface area contributed by atoms with Crippen LogP contribution in [0.4, 0.5) is 4.39 Å². The second-order valence-corrected chi connectivity index (χ2v) is 6.08. The summed E-state index contributed by atoms with van der Waals surface area (Å²) in [6.45, 7) is 2.03. The van der Waals surface area contributed by atoms with Gasteiger partial charge in [-0.2, -0.15) is 0 Å². The molecule has 0 aliphatic rings. The second-order valence-electron chi connectivity index (χ2n) is 4.25. The van der Waals surface area contributed by atoms with Crippen LogP contribution >= 0.6 is 31.9 Å². The molecule has 1 nitrogen and oxygen atoms in total. The highest BCUT2D eigenvalue weighted by Gasteiger charge is 2.18. The van der Waals surface area contributed by atoms with Crippen molar-refractivity contribution in [1.82, 2.24) is 0 Å². The molecule has 2 rings (SSSR count). The lowest BCUT2D eigenvalue weighted by Gasteiger charge is -2.17. The molecule has 0 saturated carbocycles. The van der Waals surface area contributed by atoms with Crippen LogP contribution < -0.4 is 4.74 Å². The Hall–Kier alpha value is -0.870. The van der Waals surface area contributed by atoms with Crippen molar-refractivity contribution in [3.8, 4) is 5.75 Å². The van der Waals surface area contributed by atoms with Crippen molar-refractivity contribution in [2.24, 2.45) is 0 Å². The molecule has 0 bridgehead atoms. The predicted molar refractivity (Wildman–Crippen MR) is 82.6 cm³/mol. The number of rotatable bonds is 3. The van der Waals surface area contributed by atoms with Gasteiger partial charge in [0.05, 0.1) is 11.9 Å². The fourth-order valence-electron chi connectivity index (χ4n) is 1.99. The standard InChI is InChI=1S/C15H13Br2FO/c1-9-7-10(16)3-5-12(9)15(17)13-8-11(18)4-6-14(13)19-2/h3-8,15H,1-2H3. The van der Waals surface area contributed by atoms with Gasteiger partial charge in [-0.1, -0.05) is 37.9 Å². The van der Waals surface area contributed by atoms with Crippen molar-refractivity contribution in [3.63, 3.8) is 0 Å². The van der Waals surface area contributed by atoms with Crippen LogP contribution in [0.1, 0.15) is 21.5 Å². The third-order valence-electron chi connectivity index (χ3n) is 2.97. The largest absolute Gasteiger partial charge is 0.496 e. The van der Waals surface area contributed by atoms with Gasteiger partial charge in [-0.3, -0.25) is 0 Å². The van der Waals surface area contributed by atoms with Gasteiger partial charge >= 0.3 is 0 Å². The van der Waals surface area contributed by atoms with Crippen LogP contribution in [0.25, 0.3) is 0 Å². The molecule has 19 heavy (non-hydrogen) atoms. The fraction of sp³-hybridized carbons (Fsp3) is 0.200. The number of ether oxygens (including phenoxy) is 1. The highest BCUT2D eigenvalue weighted by atomic mass is 79.9. The Morgan fingerprint density at radius 2 is 1.84 bits per heavy atom. The molecule has 0 aliphatic heterocycles. The molecule has 0 spiro atoms. The molecule has 2 aromatic rings. The van der Waals surface area contributed by atoms with E-state index in [-0.39, 0.29) is 10.6 Å². The molecular weight excluding hydrogens is 375 g/mol. The van der Waals surface area contributed by atoms with E-state index >= 15 is 0 Å². The van der Waals surface area contributed by atoms with Gasteiger partial charge in [0.2, 0.25) is 0 Å². The van der Waals surface area contributed by atoms with E-state index in [1.807, 2.05) is 25.1 Å². The van der Waals surface area contributed by atoms with Crippen molar-refractivity contribution in [2.75, 3.05) is 7.11 Å². The Morgan fingerprint density at radius 1 is 1.11 bits per heavy atom. The van der Waals surface area contributed by atoms with Crippen molar-refractivity contribution >= 4 is 31.9 Å². The maximum Gasteiger partial charge on any atom is 0.123 e. The molecule has 100 valence electrons. The van der Waals surface area contributed by atoms with Crippen LogP contribution in [0.15, 0.2) is 40.9 Å². The van der Waals surface area contributed by atoms with Crippen molar-refractivity contribution in [3.05, 3.63) is 63.4 Å². The van der Waals surface area contributed by atoms with Crippen LogP contribution in [-0.2, 0) is 0 Å². The summed E-state index contributed by atoms with van der Waals surface area (Å²) in [5, 5.41) is 0. The fourth-order valence-corrected chi connectivity index (χ4v) is 3.34. The van der Waals surface area contributed by atoms with Gasteiger partial charge in [0.25, 0.3) is 0 Å². The highest BCUT2D eigenvalue weighted by Crippen LogP contribution is 2.38. The van der Waals surface area contributed by atoms with Crippen molar-refractivity contribution < 1.29 is 9.13 Å². The monoisotopic (exact) mass is 386 g/mol. The van der Waals surface area contributed by atoms with Crippen molar-refractivity contribution in [1.29, 1.82) is 0 Å². The van der Waals surface area contributed by atoms with E-state index < -0.39 is 0 Å². The average molecular weight is 388 g/mol. The molecule has 2 aromatic carbocycles. The van der Waals surface area contributed by atoms with E-state index in [0.29, 0.717) is 5.75 Å². The van der Waals surface area contributed by atoms with Crippen LogP contribution in [-0.4, -0.2) is 7.11 Å². The zero-order valence-electron chi connectivity index (χ0n) is 10.6. The summed E-state index contributed by atoms with van der Waals surface area (Å²) in [6.07, 6.45) is 0. The lowest BCUT2D eigenvalue weighted by Crippen LogP contribution is -2.00. The number of halogens is 3. The second kappa shape index (κ2) is 6.06. The van der Waals surface area contributed by atoms with E-state index in [1.165, 1.54) is 12.1 Å². The first-order valence-corrected chi connectivity index (χ1v) is 7.47. The zero-order chi connectivity index (χ0) is 14.0. The summed E-state index contributed by atoms with van der Waals surface area (Å²) in [7, 11) is 1.59. The Bertz CT molecular complexity index is 599. The molecule has 0 aromatic heterocycles. The van der Waals surface area contributed by atoms with E-state index in [2.05, 4.69) is 31.9 Å². The molecule has 0 radical (unpaired) electrons. The van der Waals surface area contributed by atoms with Crippen molar-refractivity contribution in [2.45, 2.75) is 11.8 Å². The first-order chi connectivity index (χ1) is 9.02. The van der Waals surface area contributed by atoms with Crippen LogP contribution in [0.5, 0.6) is 5.75 Å². The summed E-state index contributed by atoms with van der Waals surface area (Å²) < 4.78 is 19.8. The molecular formula is C15H13Br2FO. The first kappa shape index (κ1) is 14.5. The van der Waals surface area contributed by atoms with Gasteiger partial charge in [-0.15, -0.1) is 0 Å². The van der Waals surface area contributed by atoms with Gasteiger partial charge in [-0.05, 0) is 48.4 Å². The zero-order valence-corrected chi connectivity index (χ0v) is 13.8. The third kappa shape index (κ3) is 3.18. The smallest absolute Gasteiger partial charge is 0.123 e. The first-order valence-electron chi connectivity index (χ1n) is 5.76. The minimum absolute atomic E-state index is 0.105. The normalized spacial score (nSPS) is 12.3. The van der Waals surface area contributed by atoms with Crippen LogP contribution in [0.3, 0.4) is 0 Å². The van der Waals surface area contributed by atoms with Gasteiger partial charge in [0.15, 0.2) is 0 Å². The number of benzene rings is 2. The SMILES string of the molecule is COc1ccc(F)cc1C(Br)c1ccc(Br)cc1C. The Labute approximate surface area is 129 Å². The van der Waals surface area contributed by atoms with E-state index in [4.69, 9.17) is 4.74 Å². The van der Waals surface area contributed by atoms with Crippen LogP contribution in [0.2, 0.25) is 0 Å². The molecule has 0 amide bonds. The maximum atomic E-state index is 13.4. The Balaban J connectivity index is 2.49. The molecule has 1 atom stereocenters. The predicted octanol–water partition coefficient (Wildman–Crippen LogP) is 5.39. The number of hydrogen-bond acceptors (Lipinski definition) is 1. The Morgan fingerprint density at radius 3 is 2.47 bits per heavy atom. The van der Waals surface area contributed by atoms with Crippen LogP contribution in [0, 0.1) is 12.7 Å². The molecule has 0 fully saturated rings. The third-order valence-corrected chi connectivity index (χ3v) is 4.45. The molecule has 0 heterocycles. The number of alkyl halides is 1. The topological polar surface area (TPSA) is 9.23 Å². The molecule has 0 N–H and O–H groups in total. The molecule has 4 heteroatoms. The minimum atomic E-state index is -0.269. The molecule has 0 aliphatic carbocycles. The van der Waals surface area contributed by atoms with Gasteiger partial charge in [-0.25, -0.2) is 4.39 Å². The number of aryl methyl sites for hydroxylation is 1. The molecule has 0 saturated heterocycles. The number of methoxy groups -OCH3 is 1.